The van der Waals surface area contributed by atoms with E-state index in [-0.39, 0.29) is 30.2 Å². The SMILES string of the molecule is Cl.O=C1c2c([nH]c3ccccc23)SCC1CNC1c2ccccc2CCc2ccccc21. The summed E-state index contributed by atoms with van der Waals surface area (Å²) >= 11 is 1.77. The van der Waals surface area contributed by atoms with Gasteiger partial charge in [-0.25, -0.2) is 0 Å². The summed E-state index contributed by atoms with van der Waals surface area (Å²) in [5, 5.41) is 5.87. The third kappa shape index (κ3) is 3.57. The summed E-state index contributed by atoms with van der Waals surface area (Å²) in [4.78, 5) is 16.9. The van der Waals surface area contributed by atoms with Gasteiger partial charge in [-0.15, -0.1) is 24.2 Å². The van der Waals surface area contributed by atoms with Crippen molar-refractivity contribution in [2.75, 3.05) is 12.3 Å². The third-order valence-corrected chi connectivity index (χ3v) is 7.85. The van der Waals surface area contributed by atoms with Crippen LogP contribution in [0.5, 0.6) is 0 Å². The molecule has 0 saturated heterocycles. The van der Waals surface area contributed by atoms with Crippen molar-refractivity contribution in [1.82, 2.24) is 10.3 Å². The highest BCUT2D eigenvalue weighted by Crippen LogP contribution is 2.38. The van der Waals surface area contributed by atoms with Gasteiger partial charge in [0.05, 0.1) is 16.6 Å². The number of aromatic amines is 1. The number of carbonyl (C=O) groups excluding carboxylic acids is 1. The third-order valence-electron chi connectivity index (χ3n) is 6.68. The van der Waals surface area contributed by atoms with Gasteiger partial charge < -0.3 is 10.3 Å². The lowest BCUT2D eigenvalue weighted by atomic mass is 9.93. The largest absolute Gasteiger partial charge is 0.349 e. The van der Waals surface area contributed by atoms with Crippen LogP contribution in [0.4, 0.5) is 0 Å². The Hall–Kier alpha value is -2.53. The molecule has 2 heterocycles. The number of nitrogens with one attached hydrogen (secondary N) is 2. The minimum absolute atomic E-state index is 0. The topological polar surface area (TPSA) is 44.9 Å². The second-order valence-electron chi connectivity index (χ2n) is 8.49. The molecule has 0 fully saturated rings. The fraction of sp³-hybridized carbons (Fsp3) is 0.222. The first-order chi connectivity index (χ1) is 15.3. The second kappa shape index (κ2) is 8.78. The number of rotatable bonds is 3. The first-order valence-corrected chi connectivity index (χ1v) is 11.9. The zero-order chi connectivity index (χ0) is 20.8. The van der Waals surface area contributed by atoms with Gasteiger partial charge in [0.25, 0.3) is 0 Å². The van der Waals surface area contributed by atoms with Crippen LogP contribution in [-0.2, 0) is 12.8 Å². The van der Waals surface area contributed by atoms with E-state index in [1.165, 1.54) is 22.3 Å². The normalized spacial score (nSPS) is 17.8. The zero-order valence-corrected chi connectivity index (χ0v) is 19.3. The van der Waals surface area contributed by atoms with Crippen LogP contribution < -0.4 is 5.32 Å². The lowest BCUT2D eigenvalue weighted by Crippen LogP contribution is -2.35. The Balaban J connectivity index is 0.00000216. The summed E-state index contributed by atoms with van der Waals surface area (Å²) in [7, 11) is 0. The van der Waals surface area contributed by atoms with Crippen molar-refractivity contribution in [3.8, 4) is 0 Å². The maximum Gasteiger partial charge on any atom is 0.171 e. The molecule has 1 unspecified atom stereocenters. The number of H-pyrrole nitrogens is 1. The number of halogens is 1. The van der Waals surface area contributed by atoms with Crippen LogP contribution >= 0.6 is 24.2 Å². The van der Waals surface area contributed by atoms with E-state index in [4.69, 9.17) is 0 Å². The van der Waals surface area contributed by atoms with Crippen LogP contribution in [0.25, 0.3) is 10.9 Å². The smallest absolute Gasteiger partial charge is 0.171 e. The van der Waals surface area contributed by atoms with Crippen molar-refractivity contribution in [2.45, 2.75) is 23.9 Å². The fourth-order valence-corrected chi connectivity index (χ4v) is 6.26. The van der Waals surface area contributed by atoms with Gasteiger partial charge in [-0.3, -0.25) is 4.79 Å². The molecule has 3 nitrogen and oxygen atoms in total. The van der Waals surface area contributed by atoms with E-state index >= 15 is 0 Å². The van der Waals surface area contributed by atoms with Gasteiger partial charge in [-0.1, -0.05) is 66.7 Å². The average Bonchev–Trinajstić information content (AvgIpc) is 3.11. The van der Waals surface area contributed by atoms with Gasteiger partial charge in [-0.2, -0.15) is 0 Å². The van der Waals surface area contributed by atoms with Crippen molar-refractivity contribution in [2.24, 2.45) is 5.92 Å². The summed E-state index contributed by atoms with van der Waals surface area (Å²) < 4.78 is 0. The molecule has 0 bridgehead atoms. The Morgan fingerprint density at radius 2 is 1.50 bits per heavy atom. The average molecular weight is 461 g/mol. The number of fused-ring (bicyclic) bond motifs is 5. The molecule has 0 spiro atoms. The number of aromatic nitrogens is 1. The van der Waals surface area contributed by atoms with E-state index in [1.807, 2.05) is 18.2 Å². The second-order valence-corrected chi connectivity index (χ2v) is 9.52. The molecule has 2 N–H and O–H groups in total. The number of ketones is 1. The molecule has 4 aromatic rings. The first kappa shape index (κ1) is 21.3. The summed E-state index contributed by atoms with van der Waals surface area (Å²) in [6.07, 6.45) is 2.12. The molecule has 0 amide bonds. The summed E-state index contributed by atoms with van der Waals surface area (Å²) in [5.41, 5.74) is 7.42. The number of hydrogen-bond donors (Lipinski definition) is 2. The number of carbonyl (C=O) groups is 1. The van der Waals surface area contributed by atoms with Crippen molar-refractivity contribution < 1.29 is 4.79 Å². The molecule has 3 aromatic carbocycles. The maximum absolute atomic E-state index is 13.5. The molecule has 0 radical (unpaired) electrons. The molecule has 0 saturated carbocycles. The predicted octanol–water partition coefficient (Wildman–Crippen LogP) is 5.97. The zero-order valence-electron chi connectivity index (χ0n) is 17.6. The van der Waals surface area contributed by atoms with E-state index < -0.39 is 0 Å². The van der Waals surface area contributed by atoms with Crippen LogP contribution in [0.1, 0.15) is 38.7 Å². The van der Waals surface area contributed by atoms with E-state index in [1.54, 1.807) is 11.8 Å². The summed E-state index contributed by atoms with van der Waals surface area (Å²) in [6.45, 7) is 0.679. The number of benzene rings is 3. The van der Waals surface area contributed by atoms with Crippen LogP contribution in [0, 0.1) is 5.92 Å². The Labute approximate surface area is 198 Å². The number of aryl methyl sites for hydroxylation is 2. The highest BCUT2D eigenvalue weighted by atomic mass is 35.5. The molecule has 1 aromatic heterocycles. The van der Waals surface area contributed by atoms with Crippen molar-refractivity contribution >= 4 is 40.9 Å². The first-order valence-electron chi connectivity index (χ1n) is 11.0. The minimum atomic E-state index is -0.0284. The molecule has 32 heavy (non-hydrogen) atoms. The van der Waals surface area contributed by atoms with E-state index in [0.29, 0.717) is 6.54 Å². The van der Waals surface area contributed by atoms with Gasteiger partial charge in [0, 0.05) is 29.1 Å². The van der Waals surface area contributed by atoms with E-state index in [2.05, 4.69) is 64.9 Å². The highest BCUT2D eigenvalue weighted by Gasteiger charge is 2.32. The molecule has 2 aliphatic rings. The molecule has 1 atom stereocenters. The van der Waals surface area contributed by atoms with Gasteiger partial charge in [-0.05, 0) is 41.2 Å². The fourth-order valence-electron chi connectivity index (χ4n) is 5.09. The number of para-hydroxylation sites is 1. The maximum atomic E-state index is 13.5. The molecule has 1 aliphatic heterocycles. The van der Waals surface area contributed by atoms with Crippen molar-refractivity contribution in [3.05, 3.63) is 101 Å². The van der Waals surface area contributed by atoms with Gasteiger partial charge in [0.15, 0.2) is 5.78 Å². The molecule has 6 rings (SSSR count). The Morgan fingerprint density at radius 3 is 2.22 bits per heavy atom. The van der Waals surface area contributed by atoms with Crippen LogP contribution in [0.3, 0.4) is 0 Å². The molecule has 162 valence electrons. The summed E-state index contributed by atoms with van der Waals surface area (Å²) in [6, 6.07) is 25.7. The number of thioether (sulfide) groups is 1. The van der Waals surface area contributed by atoms with Crippen LogP contribution in [-0.4, -0.2) is 23.1 Å². The number of hydrogen-bond acceptors (Lipinski definition) is 3. The molecular formula is C27H25ClN2OS. The van der Waals surface area contributed by atoms with Gasteiger partial charge >= 0.3 is 0 Å². The van der Waals surface area contributed by atoms with E-state index in [9.17, 15) is 4.79 Å². The van der Waals surface area contributed by atoms with Crippen LogP contribution in [0.15, 0.2) is 77.8 Å². The Bertz CT molecular complexity index is 1250. The Morgan fingerprint density at radius 1 is 0.875 bits per heavy atom. The quantitative estimate of drug-likeness (QED) is 0.395. The highest BCUT2D eigenvalue weighted by molar-refractivity contribution is 7.99. The van der Waals surface area contributed by atoms with Crippen LogP contribution in [0.2, 0.25) is 0 Å². The monoisotopic (exact) mass is 460 g/mol. The minimum Gasteiger partial charge on any atom is -0.349 e. The lowest BCUT2D eigenvalue weighted by Gasteiger charge is -2.26. The number of Topliss-reactive ketones (excluding diaryl/α,β-unsaturated/α-hetero) is 1. The predicted molar refractivity (Wildman–Crippen MR) is 134 cm³/mol. The molecule has 5 heteroatoms. The van der Waals surface area contributed by atoms with E-state index in [0.717, 1.165) is 40.1 Å². The Kier molecular flexibility index (Phi) is 5.85. The van der Waals surface area contributed by atoms with Crippen molar-refractivity contribution in [3.63, 3.8) is 0 Å². The summed E-state index contributed by atoms with van der Waals surface area (Å²) in [5.74, 6) is 1.04. The van der Waals surface area contributed by atoms with Gasteiger partial charge in [0.1, 0.15) is 0 Å². The molecular weight excluding hydrogens is 436 g/mol. The molecule has 1 aliphatic carbocycles. The standard InChI is InChI=1S/C27H24N2OS.ClH/c30-26-19(16-31-27-24(26)22-11-5-6-12-23(22)29-27)15-28-25-20-9-3-1-7-17(20)13-14-18-8-2-4-10-21(18)25;/h1-12,19,25,28-29H,13-16H2;1H. The van der Waals surface area contributed by atoms with Gasteiger partial charge in [0.2, 0.25) is 0 Å². The van der Waals surface area contributed by atoms with Crippen molar-refractivity contribution in [1.29, 1.82) is 0 Å². The lowest BCUT2D eigenvalue weighted by molar-refractivity contribution is 0.0926.